The third-order valence-electron chi connectivity index (χ3n) is 4.42. The summed E-state index contributed by atoms with van der Waals surface area (Å²) >= 11 is 0. The van der Waals surface area contributed by atoms with E-state index >= 15 is 0 Å². The molecule has 1 unspecified atom stereocenters. The van der Waals surface area contributed by atoms with Crippen LogP contribution in [-0.4, -0.2) is 5.11 Å². The van der Waals surface area contributed by atoms with Gasteiger partial charge in [-0.15, -0.1) is 0 Å². The van der Waals surface area contributed by atoms with Crippen LogP contribution >= 0.6 is 0 Å². The van der Waals surface area contributed by atoms with Crippen molar-refractivity contribution in [1.82, 2.24) is 0 Å². The molecule has 0 radical (unpaired) electrons. The molecule has 0 saturated heterocycles. The van der Waals surface area contributed by atoms with Gasteiger partial charge in [-0.25, -0.2) is 0 Å². The monoisotopic (exact) mass is 260 g/mol. The molecule has 0 amide bonds. The summed E-state index contributed by atoms with van der Waals surface area (Å²) in [4.78, 5) is 0. The van der Waals surface area contributed by atoms with Crippen LogP contribution in [0.5, 0.6) is 0 Å². The van der Waals surface area contributed by atoms with Crippen LogP contribution in [0.3, 0.4) is 0 Å². The number of fused-ring (bicyclic) bond motifs is 1. The predicted molar refractivity (Wildman–Crippen MR) is 81.3 cm³/mol. The van der Waals surface area contributed by atoms with Gasteiger partial charge in [-0.05, 0) is 68.1 Å². The smallest absolute Gasteiger partial charge is 0.0868 e. The van der Waals surface area contributed by atoms with Crippen molar-refractivity contribution in [1.29, 1.82) is 0 Å². The predicted octanol–water partition coefficient (Wildman–Crippen LogP) is 4.60. The van der Waals surface area contributed by atoms with Crippen LogP contribution in [0.15, 0.2) is 18.2 Å². The molecule has 0 fully saturated rings. The second-order valence-electron chi connectivity index (χ2n) is 6.75. The highest BCUT2D eigenvalue weighted by Gasteiger charge is 2.24. The third kappa shape index (κ3) is 3.82. The first-order chi connectivity index (χ1) is 8.99. The van der Waals surface area contributed by atoms with E-state index in [1.165, 1.54) is 43.2 Å². The van der Waals surface area contributed by atoms with Crippen molar-refractivity contribution < 1.29 is 5.11 Å². The van der Waals surface area contributed by atoms with Crippen molar-refractivity contribution in [3.63, 3.8) is 0 Å². The van der Waals surface area contributed by atoms with E-state index in [1.54, 1.807) is 0 Å². The highest BCUT2D eigenvalue weighted by atomic mass is 16.3. The molecule has 19 heavy (non-hydrogen) atoms. The topological polar surface area (TPSA) is 20.2 Å². The molecule has 0 aliphatic heterocycles. The highest BCUT2D eigenvalue weighted by Crippen LogP contribution is 2.31. The molecule has 0 spiro atoms. The number of hydrogen-bond donors (Lipinski definition) is 1. The molecular formula is C18H28O. The Hall–Kier alpha value is -0.820. The maximum Gasteiger partial charge on any atom is 0.0868 e. The highest BCUT2D eigenvalue weighted by molar-refractivity contribution is 5.36. The number of hydrogen-bond acceptors (Lipinski definition) is 1. The number of benzene rings is 1. The Kier molecular flexibility index (Phi) is 4.67. The molecule has 1 N–H and O–H groups in total. The molecule has 106 valence electrons. The minimum Gasteiger partial charge on any atom is -0.385 e. The number of rotatable bonds is 5. The van der Waals surface area contributed by atoms with Crippen LogP contribution < -0.4 is 0 Å². The second kappa shape index (κ2) is 6.09. The molecule has 0 aromatic heterocycles. The summed E-state index contributed by atoms with van der Waals surface area (Å²) in [7, 11) is 0. The van der Waals surface area contributed by atoms with Crippen LogP contribution in [0, 0.1) is 5.92 Å². The van der Waals surface area contributed by atoms with E-state index in [-0.39, 0.29) is 0 Å². The van der Waals surface area contributed by atoms with Crippen molar-refractivity contribution in [2.24, 2.45) is 5.92 Å². The first kappa shape index (κ1) is 14.6. The molecule has 1 nitrogen and oxygen atoms in total. The van der Waals surface area contributed by atoms with E-state index in [0.717, 1.165) is 24.3 Å². The number of aliphatic hydroxyl groups is 1. The number of aryl methyl sites for hydroxylation is 2. The summed E-state index contributed by atoms with van der Waals surface area (Å²) in [5.41, 5.74) is 3.40. The van der Waals surface area contributed by atoms with Gasteiger partial charge in [0.05, 0.1) is 5.60 Å². The molecule has 0 heterocycles. The van der Waals surface area contributed by atoms with Crippen LogP contribution in [-0.2, 0) is 18.4 Å². The van der Waals surface area contributed by atoms with E-state index in [9.17, 15) is 5.11 Å². The standard InChI is InChI=1S/C18H28O/c1-14(2)7-6-12-18(3,19)17-11-10-15-8-4-5-9-16(15)13-17/h10-11,13-14,19H,4-9,12H2,1-3H3. The minimum atomic E-state index is -0.665. The van der Waals surface area contributed by atoms with Gasteiger partial charge >= 0.3 is 0 Å². The van der Waals surface area contributed by atoms with Gasteiger partial charge in [0.25, 0.3) is 0 Å². The second-order valence-corrected chi connectivity index (χ2v) is 6.75. The summed E-state index contributed by atoms with van der Waals surface area (Å²) in [5.74, 6) is 0.722. The Labute approximate surface area is 118 Å². The SMILES string of the molecule is CC(C)CCCC(C)(O)c1ccc2c(c1)CCCC2. The van der Waals surface area contributed by atoms with Crippen LogP contribution in [0.4, 0.5) is 0 Å². The molecule has 2 rings (SSSR count). The molecule has 1 aromatic carbocycles. The zero-order valence-electron chi connectivity index (χ0n) is 12.7. The van der Waals surface area contributed by atoms with Gasteiger partial charge in [0, 0.05) is 0 Å². The Morgan fingerprint density at radius 1 is 1.16 bits per heavy atom. The normalized spacial score (nSPS) is 18.2. The average Bonchev–Trinajstić information content (AvgIpc) is 2.37. The first-order valence-electron chi connectivity index (χ1n) is 7.84. The molecule has 1 heteroatoms. The lowest BCUT2D eigenvalue weighted by molar-refractivity contribution is 0.0440. The van der Waals surface area contributed by atoms with Crippen LogP contribution in [0.25, 0.3) is 0 Å². The van der Waals surface area contributed by atoms with Gasteiger partial charge in [-0.1, -0.05) is 38.5 Å². The van der Waals surface area contributed by atoms with Gasteiger partial charge < -0.3 is 5.11 Å². The van der Waals surface area contributed by atoms with Crippen molar-refractivity contribution in [3.05, 3.63) is 34.9 Å². The molecule has 1 aliphatic rings. The third-order valence-corrected chi connectivity index (χ3v) is 4.42. The maximum absolute atomic E-state index is 10.7. The quantitative estimate of drug-likeness (QED) is 0.820. The Bertz CT molecular complexity index is 418. The molecule has 1 aromatic rings. The summed E-state index contributed by atoms with van der Waals surface area (Å²) in [6.07, 6.45) is 8.17. The maximum atomic E-state index is 10.7. The molecule has 1 atom stereocenters. The largest absolute Gasteiger partial charge is 0.385 e. The van der Waals surface area contributed by atoms with Crippen molar-refractivity contribution in [3.8, 4) is 0 Å². The van der Waals surface area contributed by atoms with Gasteiger partial charge in [0.2, 0.25) is 0 Å². The van der Waals surface area contributed by atoms with Crippen molar-refractivity contribution in [2.75, 3.05) is 0 Å². The van der Waals surface area contributed by atoms with Crippen molar-refractivity contribution >= 4 is 0 Å². The van der Waals surface area contributed by atoms with E-state index in [4.69, 9.17) is 0 Å². The zero-order chi connectivity index (χ0) is 13.9. The molecule has 0 saturated carbocycles. The van der Waals surface area contributed by atoms with Crippen LogP contribution in [0.2, 0.25) is 0 Å². The van der Waals surface area contributed by atoms with E-state index < -0.39 is 5.60 Å². The summed E-state index contributed by atoms with van der Waals surface area (Å²) in [6, 6.07) is 6.63. The van der Waals surface area contributed by atoms with Gasteiger partial charge in [-0.3, -0.25) is 0 Å². The summed E-state index contributed by atoms with van der Waals surface area (Å²) in [5, 5.41) is 10.7. The molecule has 1 aliphatic carbocycles. The fourth-order valence-corrected chi connectivity index (χ4v) is 3.07. The lowest BCUT2D eigenvalue weighted by Gasteiger charge is -2.26. The fraction of sp³-hybridized carbons (Fsp3) is 0.667. The molecule has 0 bridgehead atoms. The summed E-state index contributed by atoms with van der Waals surface area (Å²) < 4.78 is 0. The lowest BCUT2D eigenvalue weighted by atomic mass is 9.84. The molecular weight excluding hydrogens is 232 g/mol. The fourth-order valence-electron chi connectivity index (χ4n) is 3.07. The Balaban J connectivity index is 2.07. The Morgan fingerprint density at radius 2 is 1.84 bits per heavy atom. The van der Waals surface area contributed by atoms with Gasteiger partial charge in [-0.2, -0.15) is 0 Å². The minimum absolute atomic E-state index is 0.665. The van der Waals surface area contributed by atoms with Gasteiger partial charge in [0.1, 0.15) is 0 Å². The lowest BCUT2D eigenvalue weighted by Crippen LogP contribution is -2.22. The van der Waals surface area contributed by atoms with E-state index in [2.05, 4.69) is 32.0 Å². The Morgan fingerprint density at radius 3 is 2.53 bits per heavy atom. The van der Waals surface area contributed by atoms with Gasteiger partial charge in [0.15, 0.2) is 0 Å². The van der Waals surface area contributed by atoms with Crippen LogP contribution in [0.1, 0.15) is 69.6 Å². The van der Waals surface area contributed by atoms with E-state index in [1.807, 2.05) is 6.92 Å². The first-order valence-corrected chi connectivity index (χ1v) is 7.84. The zero-order valence-corrected chi connectivity index (χ0v) is 12.7. The van der Waals surface area contributed by atoms with E-state index in [0.29, 0.717) is 0 Å². The summed E-state index contributed by atoms with van der Waals surface area (Å²) in [6.45, 7) is 6.46. The van der Waals surface area contributed by atoms with Crippen molar-refractivity contribution in [2.45, 2.75) is 71.3 Å². The average molecular weight is 260 g/mol.